The second-order valence-corrected chi connectivity index (χ2v) is 5.48. The summed E-state index contributed by atoms with van der Waals surface area (Å²) in [5.41, 5.74) is 5.42. The molecular weight excluding hydrogens is 272 g/mol. The lowest BCUT2D eigenvalue weighted by molar-refractivity contribution is -0.120. The van der Waals surface area contributed by atoms with Crippen LogP contribution in [0, 0.1) is 12.8 Å². The molecule has 6 nitrogen and oxygen atoms in total. The Hall–Kier alpha value is -2.11. The second kappa shape index (κ2) is 6.11. The fourth-order valence-electron chi connectivity index (χ4n) is 2.87. The molecule has 6 heteroatoms. The van der Waals surface area contributed by atoms with Gasteiger partial charge in [-0.15, -0.1) is 0 Å². The van der Waals surface area contributed by atoms with Crippen molar-refractivity contribution in [3.05, 3.63) is 16.9 Å². The van der Waals surface area contributed by atoms with E-state index >= 15 is 0 Å². The molecule has 1 aromatic rings. The molecule has 1 heterocycles. The number of furan rings is 1. The third kappa shape index (κ3) is 3.15. The van der Waals surface area contributed by atoms with Crippen LogP contribution in [0.3, 0.4) is 0 Å². The summed E-state index contributed by atoms with van der Waals surface area (Å²) < 4.78 is 5.38. The average Bonchev–Trinajstić information content (AvgIpc) is 2.76. The minimum Gasteiger partial charge on any atom is -0.444 e. The molecule has 0 saturated heterocycles. The van der Waals surface area contributed by atoms with Gasteiger partial charge in [-0.3, -0.25) is 19.7 Å². The van der Waals surface area contributed by atoms with Gasteiger partial charge in [0.15, 0.2) is 5.78 Å². The molecule has 1 fully saturated rings. The zero-order valence-electron chi connectivity index (χ0n) is 12.3. The van der Waals surface area contributed by atoms with Crippen LogP contribution < -0.4 is 11.1 Å². The van der Waals surface area contributed by atoms with E-state index in [9.17, 15) is 14.4 Å². The Morgan fingerprint density at radius 2 is 1.76 bits per heavy atom. The van der Waals surface area contributed by atoms with E-state index in [0.29, 0.717) is 0 Å². The van der Waals surface area contributed by atoms with Gasteiger partial charge in [0.05, 0.1) is 5.56 Å². The molecular formula is C15H20N2O4. The predicted octanol–water partition coefficient (Wildman–Crippen LogP) is 2.41. The van der Waals surface area contributed by atoms with Crippen molar-refractivity contribution >= 4 is 23.5 Å². The number of amides is 2. The first-order valence-electron chi connectivity index (χ1n) is 7.16. The molecule has 1 aliphatic rings. The van der Waals surface area contributed by atoms with Crippen LogP contribution in [0.4, 0.5) is 5.88 Å². The maximum Gasteiger partial charge on any atom is 0.255 e. The first kappa shape index (κ1) is 15.3. The highest BCUT2D eigenvalue weighted by atomic mass is 16.4. The van der Waals surface area contributed by atoms with Crippen molar-refractivity contribution in [2.24, 2.45) is 11.7 Å². The van der Waals surface area contributed by atoms with Gasteiger partial charge in [-0.2, -0.15) is 0 Å². The molecule has 3 N–H and O–H groups in total. The normalized spacial score (nSPS) is 15.7. The molecule has 1 saturated carbocycles. The van der Waals surface area contributed by atoms with Crippen molar-refractivity contribution in [3.8, 4) is 0 Å². The summed E-state index contributed by atoms with van der Waals surface area (Å²) in [6.07, 6.45) is 4.85. The van der Waals surface area contributed by atoms with E-state index in [-0.39, 0.29) is 40.4 Å². The molecule has 2 amide bonds. The van der Waals surface area contributed by atoms with E-state index in [2.05, 4.69) is 5.32 Å². The Labute approximate surface area is 123 Å². The summed E-state index contributed by atoms with van der Waals surface area (Å²) in [7, 11) is 0. The minimum absolute atomic E-state index is 0.0132. The van der Waals surface area contributed by atoms with Crippen molar-refractivity contribution in [1.29, 1.82) is 0 Å². The van der Waals surface area contributed by atoms with Crippen LogP contribution >= 0.6 is 0 Å². The molecule has 0 bridgehead atoms. The molecule has 21 heavy (non-hydrogen) atoms. The molecule has 0 spiro atoms. The number of hydrogen-bond donors (Lipinski definition) is 2. The summed E-state index contributed by atoms with van der Waals surface area (Å²) in [4.78, 5) is 35.4. The van der Waals surface area contributed by atoms with Crippen LogP contribution in [0.2, 0.25) is 0 Å². The number of rotatable bonds is 4. The molecule has 1 aliphatic carbocycles. The van der Waals surface area contributed by atoms with Crippen molar-refractivity contribution in [1.82, 2.24) is 0 Å². The smallest absolute Gasteiger partial charge is 0.255 e. The predicted molar refractivity (Wildman–Crippen MR) is 77.2 cm³/mol. The molecule has 2 rings (SSSR count). The number of Topliss-reactive ketones (excluding diaryl/α,β-unsaturated/α-hetero) is 1. The van der Waals surface area contributed by atoms with Gasteiger partial charge >= 0.3 is 0 Å². The monoisotopic (exact) mass is 292 g/mol. The first-order valence-corrected chi connectivity index (χ1v) is 7.16. The fraction of sp³-hybridized carbons (Fsp3) is 0.533. The van der Waals surface area contributed by atoms with E-state index in [1.807, 2.05) is 0 Å². The van der Waals surface area contributed by atoms with E-state index in [4.69, 9.17) is 10.2 Å². The third-order valence-corrected chi connectivity index (χ3v) is 3.90. The van der Waals surface area contributed by atoms with Crippen LogP contribution in [-0.2, 0) is 4.79 Å². The maximum absolute atomic E-state index is 12.2. The average molecular weight is 292 g/mol. The quantitative estimate of drug-likeness (QED) is 0.832. The Kier molecular flexibility index (Phi) is 4.45. The van der Waals surface area contributed by atoms with Gasteiger partial charge in [0.2, 0.25) is 11.8 Å². The third-order valence-electron chi connectivity index (χ3n) is 3.90. The number of nitrogens with two attached hydrogens (primary N) is 1. The van der Waals surface area contributed by atoms with Crippen molar-refractivity contribution in [2.45, 2.75) is 46.0 Å². The molecule has 114 valence electrons. The lowest BCUT2D eigenvalue weighted by atomic mass is 9.88. The lowest BCUT2D eigenvalue weighted by Crippen LogP contribution is -2.26. The standard InChI is InChI=1S/C15H20N2O4/c1-8(18)11-9(2)21-15(12(11)13(16)19)17-14(20)10-6-4-3-5-7-10/h10H,3-7H2,1-2H3,(H2,16,19)(H,17,20). The molecule has 0 atom stereocenters. The highest BCUT2D eigenvalue weighted by molar-refractivity contribution is 6.12. The maximum atomic E-state index is 12.2. The number of hydrogen-bond acceptors (Lipinski definition) is 4. The van der Waals surface area contributed by atoms with Gasteiger partial charge in [0.1, 0.15) is 11.3 Å². The van der Waals surface area contributed by atoms with Crippen molar-refractivity contribution in [2.75, 3.05) is 5.32 Å². The molecule has 0 unspecified atom stereocenters. The highest BCUT2D eigenvalue weighted by Crippen LogP contribution is 2.30. The molecule has 0 aromatic carbocycles. The van der Waals surface area contributed by atoms with Crippen LogP contribution in [-0.4, -0.2) is 17.6 Å². The summed E-state index contributed by atoms with van der Waals surface area (Å²) in [5.74, 6) is -1.08. The Morgan fingerprint density at radius 1 is 1.14 bits per heavy atom. The molecule has 1 aromatic heterocycles. The highest BCUT2D eigenvalue weighted by Gasteiger charge is 2.28. The minimum atomic E-state index is -0.781. The number of primary amides is 1. The lowest BCUT2D eigenvalue weighted by Gasteiger charge is -2.20. The molecule has 0 radical (unpaired) electrons. The van der Waals surface area contributed by atoms with E-state index in [1.165, 1.54) is 6.92 Å². The number of anilines is 1. The number of ketones is 1. The summed E-state index contributed by atoms with van der Waals surface area (Å²) in [5, 5.41) is 2.62. The van der Waals surface area contributed by atoms with E-state index in [1.54, 1.807) is 6.92 Å². The van der Waals surface area contributed by atoms with Gasteiger partial charge < -0.3 is 10.2 Å². The van der Waals surface area contributed by atoms with Crippen LogP contribution in [0.25, 0.3) is 0 Å². The largest absolute Gasteiger partial charge is 0.444 e. The van der Waals surface area contributed by atoms with Gasteiger partial charge in [-0.1, -0.05) is 19.3 Å². The Bertz CT molecular complexity index is 583. The SMILES string of the molecule is CC(=O)c1c(C)oc(NC(=O)C2CCCCC2)c1C(N)=O. The van der Waals surface area contributed by atoms with Crippen LogP contribution in [0.15, 0.2) is 4.42 Å². The van der Waals surface area contributed by atoms with Gasteiger partial charge in [-0.05, 0) is 26.7 Å². The Balaban J connectivity index is 2.27. The van der Waals surface area contributed by atoms with E-state index < -0.39 is 5.91 Å². The van der Waals surface area contributed by atoms with Crippen molar-refractivity contribution < 1.29 is 18.8 Å². The Morgan fingerprint density at radius 3 is 2.29 bits per heavy atom. The zero-order chi connectivity index (χ0) is 15.6. The molecule has 0 aliphatic heterocycles. The van der Waals surface area contributed by atoms with Gasteiger partial charge in [0, 0.05) is 5.92 Å². The van der Waals surface area contributed by atoms with Crippen LogP contribution in [0.1, 0.15) is 65.5 Å². The van der Waals surface area contributed by atoms with E-state index in [0.717, 1.165) is 32.1 Å². The number of nitrogens with one attached hydrogen (secondary N) is 1. The second-order valence-electron chi connectivity index (χ2n) is 5.48. The van der Waals surface area contributed by atoms with Crippen molar-refractivity contribution in [3.63, 3.8) is 0 Å². The summed E-state index contributed by atoms with van der Waals surface area (Å²) in [6, 6.07) is 0. The zero-order valence-corrected chi connectivity index (χ0v) is 12.3. The fourth-order valence-corrected chi connectivity index (χ4v) is 2.87. The van der Waals surface area contributed by atoms with Gasteiger partial charge in [-0.25, -0.2) is 0 Å². The number of carbonyl (C=O) groups is 3. The number of carbonyl (C=O) groups excluding carboxylic acids is 3. The number of aryl methyl sites for hydroxylation is 1. The summed E-state index contributed by atoms with van der Waals surface area (Å²) in [6.45, 7) is 2.90. The summed E-state index contributed by atoms with van der Waals surface area (Å²) >= 11 is 0. The van der Waals surface area contributed by atoms with Gasteiger partial charge in [0.25, 0.3) is 5.91 Å². The van der Waals surface area contributed by atoms with Crippen LogP contribution in [0.5, 0.6) is 0 Å². The first-order chi connectivity index (χ1) is 9.91. The topological polar surface area (TPSA) is 102 Å².